The fraction of sp³-hybridized carbons (Fsp3) is 0.286. The van der Waals surface area contributed by atoms with Crippen LogP contribution in [0.15, 0.2) is 66.9 Å². The van der Waals surface area contributed by atoms with E-state index in [1.54, 1.807) is 18.3 Å². The molecule has 2 heterocycles. The van der Waals surface area contributed by atoms with Crippen LogP contribution in [0.4, 0.5) is 4.39 Å². The number of nitrogens with two attached hydrogens (primary N) is 1. The van der Waals surface area contributed by atoms with Gasteiger partial charge in [-0.2, -0.15) is 5.10 Å². The van der Waals surface area contributed by atoms with Crippen molar-refractivity contribution in [3.05, 3.63) is 83.9 Å². The molecule has 1 aliphatic rings. The molecule has 0 saturated carbocycles. The number of likely N-dealkylation sites (tertiary alicyclic amines) is 1. The maximum Gasteiger partial charge on any atom is 0.123 e. The summed E-state index contributed by atoms with van der Waals surface area (Å²) in [6, 6.07) is 19.1. The van der Waals surface area contributed by atoms with Crippen molar-refractivity contribution in [2.45, 2.75) is 12.5 Å². The molecule has 0 radical (unpaired) electrons. The van der Waals surface area contributed by atoms with E-state index in [2.05, 4.69) is 40.3 Å². The van der Waals surface area contributed by atoms with Crippen LogP contribution in [0.1, 0.15) is 17.2 Å². The second kappa shape index (κ2) is 8.65. The highest BCUT2D eigenvalue weighted by Crippen LogP contribution is 2.32. The Morgan fingerprint density at radius 1 is 1.00 bits per heavy atom. The molecule has 0 spiro atoms. The molecule has 142 valence electrons. The Labute approximate surface area is 165 Å². The lowest BCUT2D eigenvalue weighted by Crippen LogP contribution is -2.24. The molecule has 4 nitrogen and oxygen atoms in total. The standard InChI is InChI=1S/C21H23FN4.ClH/c22-18-6-8-19(9-7-18)26-20(10-11-24-26)14-25-13-17(12-23)21(15-25)16-4-2-1-3-5-16;/h1-11,17,21H,12-15,23H2;1H/t17-,21+;/m1./s1. The quantitative estimate of drug-likeness (QED) is 0.728. The number of nitrogens with zero attached hydrogens (tertiary/aromatic N) is 3. The third kappa shape index (κ3) is 4.21. The number of benzene rings is 2. The molecule has 2 N–H and O–H groups in total. The van der Waals surface area contributed by atoms with E-state index in [-0.39, 0.29) is 18.2 Å². The first-order valence-corrected chi connectivity index (χ1v) is 9.01. The maximum absolute atomic E-state index is 13.2. The Bertz CT molecular complexity index is 850. The molecule has 0 aliphatic carbocycles. The van der Waals surface area contributed by atoms with E-state index in [4.69, 9.17) is 5.73 Å². The summed E-state index contributed by atoms with van der Waals surface area (Å²) in [5, 5.41) is 4.42. The third-order valence-corrected chi connectivity index (χ3v) is 5.23. The first kappa shape index (κ1) is 19.5. The van der Waals surface area contributed by atoms with Crippen LogP contribution in [0.3, 0.4) is 0 Å². The van der Waals surface area contributed by atoms with Gasteiger partial charge in [-0.1, -0.05) is 30.3 Å². The van der Waals surface area contributed by atoms with Gasteiger partial charge in [0.25, 0.3) is 0 Å². The highest BCUT2D eigenvalue weighted by Gasteiger charge is 2.33. The zero-order valence-electron chi connectivity index (χ0n) is 15.0. The summed E-state index contributed by atoms with van der Waals surface area (Å²) >= 11 is 0. The average Bonchev–Trinajstić information content (AvgIpc) is 3.30. The molecule has 1 aromatic heterocycles. The van der Waals surface area contributed by atoms with Crippen LogP contribution in [0, 0.1) is 11.7 Å². The Balaban J connectivity index is 0.00000210. The molecule has 2 aromatic carbocycles. The summed E-state index contributed by atoms with van der Waals surface area (Å²) < 4.78 is 15.1. The highest BCUT2D eigenvalue weighted by atomic mass is 35.5. The largest absolute Gasteiger partial charge is 0.330 e. The van der Waals surface area contributed by atoms with Crippen LogP contribution < -0.4 is 5.73 Å². The van der Waals surface area contributed by atoms with E-state index >= 15 is 0 Å². The van der Waals surface area contributed by atoms with Gasteiger partial charge in [0.05, 0.1) is 11.4 Å². The molecule has 1 fully saturated rings. The molecule has 1 aliphatic heterocycles. The zero-order valence-corrected chi connectivity index (χ0v) is 15.9. The first-order valence-electron chi connectivity index (χ1n) is 9.01. The summed E-state index contributed by atoms with van der Waals surface area (Å²) in [7, 11) is 0. The predicted octanol–water partition coefficient (Wildman–Crippen LogP) is 3.61. The van der Waals surface area contributed by atoms with Gasteiger partial charge < -0.3 is 5.73 Å². The smallest absolute Gasteiger partial charge is 0.123 e. The van der Waals surface area contributed by atoms with Crippen molar-refractivity contribution in [1.82, 2.24) is 14.7 Å². The number of hydrogen-bond acceptors (Lipinski definition) is 3. The minimum atomic E-state index is -0.238. The van der Waals surface area contributed by atoms with Crippen molar-refractivity contribution in [1.29, 1.82) is 0 Å². The molecule has 27 heavy (non-hydrogen) atoms. The van der Waals surface area contributed by atoms with Crippen LogP contribution in [-0.2, 0) is 6.54 Å². The molecular weight excluding hydrogens is 363 g/mol. The monoisotopic (exact) mass is 386 g/mol. The number of halogens is 2. The van der Waals surface area contributed by atoms with Gasteiger partial charge in [-0.25, -0.2) is 9.07 Å². The second-order valence-corrected chi connectivity index (χ2v) is 6.92. The fourth-order valence-electron chi connectivity index (χ4n) is 3.90. The van der Waals surface area contributed by atoms with E-state index < -0.39 is 0 Å². The summed E-state index contributed by atoms with van der Waals surface area (Å²) in [6.45, 7) is 3.45. The average molecular weight is 387 g/mol. The van der Waals surface area contributed by atoms with E-state index in [0.29, 0.717) is 18.4 Å². The van der Waals surface area contributed by atoms with Crippen LogP contribution in [0.25, 0.3) is 5.69 Å². The Hall–Kier alpha value is -2.21. The minimum Gasteiger partial charge on any atom is -0.330 e. The molecule has 0 unspecified atom stereocenters. The molecule has 2 atom stereocenters. The maximum atomic E-state index is 13.2. The van der Waals surface area contributed by atoms with Crippen molar-refractivity contribution in [2.24, 2.45) is 11.7 Å². The summed E-state index contributed by atoms with van der Waals surface area (Å²) in [5.41, 5.74) is 9.39. The van der Waals surface area contributed by atoms with E-state index in [1.807, 2.05) is 10.7 Å². The Morgan fingerprint density at radius 3 is 2.44 bits per heavy atom. The summed E-state index contributed by atoms with van der Waals surface area (Å²) in [4.78, 5) is 2.44. The molecule has 6 heteroatoms. The number of rotatable bonds is 5. The molecule has 3 aromatic rings. The van der Waals surface area contributed by atoms with Gasteiger partial charge in [0, 0.05) is 31.7 Å². The van der Waals surface area contributed by atoms with Gasteiger partial charge in [0.1, 0.15) is 5.82 Å². The Morgan fingerprint density at radius 2 is 1.74 bits per heavy atom. The topological polar surface area (TPSA) is 47.1 Å². The zero-order chi connectivity index (χ0) is 17.9. The van der Waals surface area contributed by atoms with Crippen molar-refractivity contribution >= 4 is 12.4 Å². The molecule has 0 bridgehead atoms. The van der Waals surface area contributed by atoms with Gasteiger partial charge in [0.15, 0.2) is 0 Å². The first-order chi connectivity index (χ1) is 12.7. The molecule has 4 rings (SSSR count). The van der Waals surface area contributed by atoms with Gasteiger partial charge in [-0.15, -0.1) is 12.4 Å². The van der Waals surface area contributed by atoms with E-state index in [1.165, 1.54) is 17.7 Å². The van der Waals surface area contributed by atoms with Crippen LogP contribution >= 0.6 is 12.4 Å². The van der Waals surface area contributed by atoms with Crippen LogP contribution in [-0.4, -0.2) is 34.3 Å². The van der Waals surface area contributed by atoms with Crippen LogP contribution in [0.5, 0.6) is 0 Å². The summed E-state index contributed by atoms with van der Waals surface area (Å²) in [5.74, 6) is 0.682. The lowest BCUT2D eigenvalue weighted by Gasteiger charge is -2.17. The fourth-order valence-corrected chi connectivity index (χ4v) is 3.90. The number of hydrogen-bond donors (Lipinski definition) is 1. The molecule has 1 saturated heterocycles. The predicted molar refractivity (Wildman–Crippen MR) is 108 cm³/mol. The van der Waals surface area contributed by atoms with Gasteiger partial charge in [-0.05, 0) is 48.4 Å². The lowest BCUT2D eigenvalue weighted by atomic mass is 9.89. The van der Waals surface area contributed by atoms with E-state index in [0.717, 1.165) is 31.0 Å². The normalized spacial score (nSPS) is 19.8. The van der Waals surface area contributed by atoms with Crippen LogP contribution in [0.2, 0.25) is 0 Å². The van der Waals surface area contributed by atoms with Gasteiger partial charge in [-0.3, -0.25) is 4.90 Å². The second-order valence-electron chi connectivity index (χ2n) is 6.92. The highest BCUT2D eigenvalue weighted by molar-refractivity contribution is 5.85. The van der Waals surface area contributed by atoms with Crippen molar-refractivity contribution < 1.29 is 4.39 Å². The minimum absolute atomic E-state index is 0. The lowest BCUT2D eigenvalue weighted by molar-refractivity contribution is 0.310. The summed E-state index contributed by atoms with van der Waals surface area (Å²) in [6.07, 6.45) is 1.80. The van der Waals surface area contributed by atoms with Crippen molar-refractivity contribution in [3.8, 4) is 5.69 Å². The molecule has 0 amide bonds. The molecular formula is C21H24ClFN4. The van der Waals surface area contributed by atoms with Crippen molar-refractivity contribution in [3.63, 3.8) is 0 Å². The van der Waals surface area contributed by atoms with Gasteiger partial charge >= 0.3 is 0 Å². The third-order valence-electron chi connectivity index (χ3n) is 5.23. The van der Waals surface area contributed by atoms with E-state index in [9.17, 15) is 4.39 Å². The number of aromatic nitrogens is 2. The van der Waals surface area contributed by atoms with Gasteiger partial charge in [0.2, 0.25) is 0 Å². The Kier molecular flexibility index (Phi) is 6.26. The van der Waals surface area contributed by atoms with Crippen molar-refractivity contribution in [2.75, 3.05) is 19.6 Å². The SMILES string of the molecule is Cl.NC[C@@H]1CN(Cc2ccnn2-c2ccc(F)cc2)C[C@H]1c1ccccc1.